The van der Waals surface area contributed by atoms with Crippen molar-refractivity contribution in [3.63, 3.8) is 0 Å². The van der Waals surface area contributed by atoms with E-state index in [-0.39, 0.29) is 17.1 Å². The predicted molar refractivity (Wildman–Crippen MR) is 105 cm³/mol. The van der Waals surface area contributed by atoms with Gasteiger partial charge < -0.3 is 10.0 Å². The van der Waals surface area contributed by atoms with Crippen LogP contribution in [0.15, 0.2) is 30.5 Å². The fourth-order valence-corrected chi connectivity index (χ4v) is 4.23. The Kier molecular flexibility index (Phi) is 4.60. The SMILES string of the molecule is O[C@H]1CCN(C2CN(c3nc(Cl)nc4c3cnn4-c3cccc(C(F)(F)F)c3)C2)C1. The summed E-state index contributed by atoms with van der Waals surface area (Å²) in [6.07, 6.45) is -2.39. The smallest absolute Gasteiger partial charge is 0.392 e. The van der Waals surface area contributed by atoms with Gasteiger partial charge in [-0.05, 0) is 36.2 Å². The van der Waals surface area contributed by atoms with Gasteiger partial charge in [0.2, 0.25) is 5.28 Å². The molecular formula is C19H18ClF3N6O. The molecule has 5 rings (SSSR count). The summed E-state index contributed by atoms with van der Waals surface area (Å²) >= 11 is 6.14. The summed E-state index contributed by atoms with van der Waals surface area (Å²) in [5, 5.41) is 14.6. The largest absolute Gasteiger partial charge is 0.416 e. The number of fused-ring (bicyclic) bond motifs is 1. The number of likely N-dealkylation sites (tertiary alicyclic amines) is 1. The van der Waals surface area contributed by atoms with Crippen molar-refractivity contribution in [3.8, 4) is 5.69 Å². The van der Waals surface area contributed by atoms with Gasteiger partial charge in [-0.15, -0.1) is 0 Å². The highest BCUT2D eigenvalue weighted by molar-refractivity contribution is 6.28. The Balaban J connectivity index is 1.46. The summed E-state index contributed by atoms with van der Waals surface area (Å²) < 4.78 is 40.6. The number of benzene rings is 1. The van der Waals surface area contributed by atoms with Crippen LogP contribution in [-0.2, 0) is 6.18 Å². The van der Waals surface area contributed by atoms with Gasteiger partial charge in [-0.2, -0.15) is 28.2 Å². The van der Waals surface area contributed by atoms with Gasteiger partial charge in [0.15, 0.2) is 5.65 Å². The molecule has 0 aliphatic carbocycles. The average Bonchev–Trinajstić information content (AvgIpc) is 3.26. The van der Waals surface area contributed by atoms with Crippen LogP contribution in [0.1, 0.15) is 12.0 Å². The second-order valence-electron chi connectivity index (χ2n) is 7.65. The fourth-order valence-electron chi connectivity index (χ4n) is 4.07. The zero-order chi connectivity index (χ0) is 21.0. The number of β-amino-alcohol motifs (C(OH)–C–C–N with tert-alkyl or cyclic N) is 1. The lowest BCUT2D eigenvalue weighted by atomic mass is 10.1. The summed E-state index contributed by atoms with van der Waals surface area (Å²) in [5.41, 5.74) is -0.167. The lowest BCUT2D eigenvalue weighted by Crippen LogP contribution is -2.59. The highest BCUT2D eigenvalue weighted by Crippen LogP contribution is 2.33. The molecule has 2 aliphatic rings. The second kappa shape index (κ2) is 7.07. The highest BCUT2D eigenvalue weighted by Gasteiger charge is 2.37. The van der Waals surface area contributed by atoms with Gasteiger partial charge in [-0.3, -0.25) is 4.90 Å². The molecule has 0 radical (unpaired) electrons. The maximum Gasteiger partial charge on any atom is 0.416 e. The van der Waals surface area contributed by atoms with Gasteiger partial charge in [-0.1, -0.05) is 6.07 Å². The number of rotatable bonds is 3. The molecule has 1 N–H and O–H groups in total. The maximum atomic E-state index is 13.1. The van der Waals surface area contributed by atoms with Crippen molar-refractivity contribution in [2.75, 3.05) is 31.1 Å². The van der Waals surface area contributed by atoms with Crippen molar-refractivity contribution in [1.82, 2.24) is 24.6 Å². The Labute approximate surface area is 174 Å². The van der Waals surface area contributed by atoms with Crippen LogP contribution in [0.3, 0.4) is 0 Å². The van der Waals surface area contributed by atoms with E-state index in [2.05, 4.69) is 20.0 Å². The lowest BCUT2D eigenvalue weighted by Gasteiger charge is -2.44. The van der Waals surface area contributed by atoms with Crippen LogP contribution in [0.5, 0.6) is 0 Å². The first-order valence-corrected chi connectivity index (χ1v) is 9.93. The van der Waals surface area contributed by atoms with E-state index in [0.717, 1.165) is 38.2 Å². The topological polar surface area (TPSA) is 70.3 Å². The first kappa shape index (κ1) is 19.5. The molecule has 0 amide bonds. The van der Waals surface area contributed by atoms with E-state index in [1.807, 2.05) is 4.90 Å². The van der Waals surface area contributed by atoms with E-state index in [1.165, 1.54) is 16.8 Å². The highest BCUT2D eigenvalue weighted by atomic mass is 35.5. The molecule has 0 bridgehead atoms. The van der Waals surface area contributed by atoms with Crippen molar-refractivity contribution in [3.05, 3.63) is 41.3 Å². The Bertz CT molecular complexity index is 1100. The molecule has 11 heteroatoms. The number of nitrogens with zero attached hydrogens (tertiary/aromatic N) is 6. The van der Waals surface area contributed by atoms with Crippen LogP contribution < -0.4 is 4.90 Å². The monoisotopic (exact) mass is 438 g/mol. The number of hydrogen-bond donors (Lipinski definition) is 1. The number of aliphatic hydroxyl groups excluding tert-OH is 1. The molecule has 30 heavy (non-hydrogen) atoms. The predicted octanol–water partition coefficient (Wildman–Crippen LogP) is 2.74. The number of aliphatic hydroxyl groups is 1. The Morgan fingerprint density at radius 1 is 1.13 bits per heavy atom. The van der Waals surface area contributed by atoms with E-state index < -0.39 is 11.7 Å². The van der Waals surface area contributed by atoms with Crippen molar-refractivity contribution >= 4 is 28.5 Å². The molecule has 2 aliphatic heterocycles. The third-order valence-electron chi connectivity index (χ3n) is 5.67. The molecule has 0 spiro atoms. The first-order valence-electron chi connectivity index (χ1n) is 9.55. The second-order valence-corrected chi connectivity index (χ2v) is 7.99. The zero-order valence-corrected chi connectivity index (χ0v) is 16.5. The normalized spacial score (nSPS) is 20.8. The number of hydrogen-bond acceptors (Lipinski definition) is 6. The van der Waals surface area contributed by atoms with Crippen LogP contribution in [-0.4, -0.2) is 68.1 Å². The van der Waals surface area contributed by atoms with Crippen molar-refractivity contribution in [1.29, 1.82) is 0 Å². The number of halogens is 4. The van der Waals surface area contributed by atoms with Crippen LogP contribution >= 0.6 is 11.6 Å². The lowest BCUT2D eigenvalue weighted by molar-refractivity contribution is -0.137. The van der Waals surface area contributed by atoms with E-state index in [4.69, 9.17) is 11.6 Å². The quantitative estimate of drug-likeness (QED) is 0.634. The third kappa shape index (κ3) is 3.38. The van der Waals surface area contributed by atoms with Gasteiger partial charge in [-0.25, -0.2) is 4.68 Å². The molecule has 2 fully saturated rings. The number of anilines is 1. The van der Waals surface area contributed by atoms with Gasteiger partial charge >= 0.3 is 6.18 Å². The fraction of sp³-hybridized carbons (Fsp3) is 0.421. The van der Waals surface area contributed by atoms with Crippen molar-refractivity contribution in [2.24, 2.45) is 0 Å². The standard InChI is InChI=1S/C19H18ClF3N6O/c20-18-25-16(28-8-13(9-28)27-5-4-14(30)10-27)15-7-24-29(17(15)26-18)12-3-1-2-11(6-12)19(21,22)23/h1-3,6-7,13-14,30H,4-5,8-10H2/t14-/m0/s1. The van der Waals surface area contributed by atoms with Crippen LogP contribution in [0, 0.1) is 0 Å². The molecule has 1 aromatic carbocycles. The van der Waals surface area contributed by atoms with Gasteiger partial charge in [0.25, 0.3) is 0 Å². The van der Waals surface area contributed by atoms with E-state index in [0.29, 0.717) is 29.4 Å². The minimum absolute atomic E-state index is 0.00581. The van der Waals surface area contributed by atoms with Crippen LogP contribution in [0.4, 0.5) is 19.0 Å². The maximum absolute atomic E-state index is 13.1. The van der Waals surface area contributed by atoms with Gasteiger partial charge in [0.05, 0.1) is 28.9 Å². The Morgan fingerprint density at radius 2 is 1.93 bits per heavy atom. The van der Waals surface area contributed by atoms with E-state index >= 15 is 0 Å². The Morgan fingerprint density at radius 3 is 2.63 bits per heavy atom. The molecule has 0 saturated carbocycles. The van der Waals surface area contributed by atoms with Gasteiger partial charge in [0, 0.05) is 32.2 Å². The van der Waals surface area contributed by atoms with Crippen LogP contribution in [0.25, 0.3) is 16.7 Å². The van der Waals surface area contributed by atoms with E-state index in [9.17, 15) is 18.3 Å². The molecule has 2 saturated heterocycles. The molecule has 2 aromatic heterocycles. The van der Waals surface area contributed by atoms with Crippen molar-refractivity contribution < 1.29 is 18.3 Å². The number of alkyl halides is 3. The molecule has 7 nitrogen and oxygen atoms in total. The van der Waals surface area contributed by atoms with Crippen molar-refractivity contribution in [2.45, 2.75) is 24.7 Å². The molecule has 0 unspecified atom stereocenters. The summed E-state index contributed by atoms with van der Waals surface area (Å²) in [6.45, 7) is 2.99. The average molecular weight is 439 g/mol. The summed E-state index contributed by atoms with van der Waals surface area (Å²) in [6, 6.07) is 5.23. The summed E-state index contributed by atoms with van der Waals surface area (Å²) in [5.74, 6) is 0.610. The summed E-state index contributed by atoms with van der Waals surface area (Å²) in [4.78, 5) is 12.9. The minimum atomic E-state index is -4.45. The Hall–Kier alpha value is -2.43. The first-order chi connectivity index (χ1) is 14.3. The molecule has 4 heterocycles. The van der Waals surface area contributed by atoms with Gasteiger partial charge in [0.1, 0.15) is 5.82 Å². The third-order valence-corrected chi connectivity index (χ3v) is 5.84. The molecule has 1 atom stereocenters. The molecule has 158 valence electrons. The molecular weight excluding hydrogens is 421 g/mol. The van der Waals surface area contributed by atoms with Crippen LogP contribution in [0.2, 0.25) is 5.28 Å². The number of aromatic nitrogens is 4. The molecule has 3 aromatic rings. The minimum Gasteiger partial charge on any atom is -0.392 e. The summed E-state index contributed by atoms with van der Waals surface area (Å²) in [7, 11) is 0. The van der Waals surface area contributed by atoms with E-state index in [1.54, 1.807) is 6.20 Å². The zero-order valence-electron chi connectivity index (χ0n) is 15.7.